The van der Waals surface area contributed by atoms with Crippen molar-refractivity contribution in [1.29, 1.82) is 0 Å². The van der Waals surface area contributed by atoms with Crippen LogP contribution in [0.2, 0.25) is 0 Å². The molecule has 1 heterocycles. The van der Waals surface area contributed by atoms with E-state index in [9.17, 15) is 5.11 Å². The molecule has 0 aromatic carbocycles. The first-order valence-corrected chi connectivity index (χ1v) is 6.80. The second kappa shape index (κ2) is 7.31. The van der Waals surface area contributed by atoms with Crippen LogP contribution in [-0.4, -0.2) is 72.5 Å². The van der Waals surface area contributed by atoms with E-state index in [-0.39, 0.29) is 18.6 Å². The lowest BCUT2D eigenvalue weighted by Crippen LogP contribution is -2.50. The number of hydrogen-bond acceptors (Lipinski definition) is 4. The molecule has 4 heteroatoms. The molecule has 0 spiro atoms. The molecule has 0 bridgehead atoms. The van der Waals surface area contributed by atoms with E-state index in [0.29, 0.717) is 0 Å². The smallest absolute Gasteiger partial charge is 0.0558 e. The fourth-order valence-corrected chi connectivity index (χ4v) is 2.66. The van der Waals surface area contributed by atoms with Crippen LogP contribution in [0.1, 0.15) is 26.7 Å². The molecule has 1 atom stereocenters. The van der Waals surface area contributed by atoms with Crippen molar-refractivity contribution < 1.29 is 10.2 Å². The zero-order valence-corrected chi connectivity index (χ0v) is 11.4. The summed E-state index contributed by atoms with van der Waals surface area (Å²) in [5, 5.41) is 18.4. The van der Waals surface area contributed by atoms with E-state index < -0.39 is 0 Å². The number of piperazine rings is 1. The molecule has 102 valence electrons. The Kier molecular flexibility index (Phi) is 6.41. The van der Waals surface area contributed by atoms with Crippen molar-refractivity contribution in [3.63, 3.8) is 0 Å². The standard InChI is InChI=1S/C13H28N2O2/c1-3-4-13(2,12-17)11-15-7-5-14(6-8-15)9-10-16/h16-17H,3-12H2,1-2H3. The van der Waals surface area contributed by atoms with Gasteiger partial charge in [-0.2, -0.15) is 0 Å². The topological polar surface area (TPSA) is 46.9 Å². The van der Waals surface area contributed by atoms with Crippen LogP contribution in [0.25, 0.3) is 0 Å². The summed E-state index contributed by atoms with van der Waals surface area (Å²) in [7, 11) is 0. The molecule has 0 aromatic heterocycles. The Morgan fingerprint density at radius 1 is 1.06 bits per heavy atom. The predicted molar refractivity (Wildman–Crippen MR) is 70.1 cm³/mol. The molecule has 1 saturated heterocycles. The maximum atomic E-state index is 9.51. The molecule has 0 aliphatic carbocycles. The van der Waals surface area contributed by atoms with Crippen molar-refractivity contribution in [1.82, 2.24) is 9.80 Å². The van der Waals surface area contributed by atoms with E-state index in [1.54, 1.807) is 0 Å². The molecule has 1 aliphatic rings. The van der Waals surface area contributed by atoms with Crippen LogP contribution in [0, 0.1) is 5.41 Å². The molecule has 0 radical (unpaired) electrons. The van der Waals surface area contributed by atoms with Crippen molar-refractivity contribution in [2.75, 3.05) is 52.5 Å². The summed E-state index contributed by atoms with van der Waals surface area (Å²) in [6.07, 6.45) is 2.21. The maximum Gasteiger partial charge on any atom is 0.0558 e. The second-order valence-corrected chi connectivity index (χ2v) is 5.56. The van der Waals surface area contributed by atoms with Gasteiger partial charge in [0.1, 0.15) is 0 Å². The molecule has 4 nitrogen and oxygen atoms in total. The van der Waals surface area contributed by atoms with Gasteiger partial charge in [-0.15, -0.1) is 0 Å². The summed E-state index contributed by atoms with van der Waals surface area (Å²) < 4.78 is 0. The quantitative estimate of drug-likeness (QED) is 0.680. The van der Waals surface area contributed by atoms with Gasteiger partial charge >= 0.3 is 0 Å². The van der Waals surface area contributed by atoms with Gasteiger partial charge in [0.25, 0.3) is 0 Å². The lowest BCUT2D eigenvalue weighted by atomic mass is 9.86. The molecule has 1 aliphatic heterocycles. The van der Waals surface area contributed by atoms with Crippen LogP contribution in [0.4, 0.5) is 0 Å². The third-order valence-corrected chi connectivity index (χ3v) is 3.72. The van der Waals surface area contributed by atoms with E-state index in [1.165, 1.54) is 0 Å². The highest BCUT2D eigenvalue weighted by atomic mass is 16.3. The third-order valence-electron chi connectivity index (χ3n) is 3.72. The van der Waals surface area contributed by atoms with Crippen molar-refractivity contribution in [2.24, 2.45) is 5.41 Å². The van der Waals surface area contributed by atoms with E-state index in [1.807, 2.05) is 0 Å². The molecule has 1 rings (SSSR count). The molecule has 17 heavy (non-hydrogen) atoms. The van der Waals surface area contributed by atoms with Crippen LogP contribution >= 0.6 is 0 Å². The highest BCUT2D eigenvalue weighted by molar-refractivity contribution is 4.81. The van der Waals surface area contributed by atoms with Gasteiger partial charge in [0, 0.05) is 51.3 Å². The van der Waals surface area contributed by atoms with Crippen LogP contribution in [0.5, 0.6) is 0 Å². The average molecular weight is 244 g/mol. The molecule has 0 amide bonds. The van der Waals surface area contributed by atoms with Crippen LogP contribution in [-0.2, 0) is 0 Å². The van der Waals surface area contributed by atoms with Gasteiger partial charge in [-0.05, 0) is 6.42 Å². The Morgan fingerprint density at radius 2 is 1.65 bits per heavy atom. The van der Waals surface area contributed by atoms with E-state index >= 15 is 0 Å². The monoisotopic (exact) mass is 244 g/mol. The van der Waals surface area contributed by atoms with Crippen molar-refractivity contribution in [3.8, 4) is 0 Å². The molecule has 2 N–H and O–H groups in total. The first-order valence-electron chi connectivity index (χ1n) is 6.80. The summed E-state index contributed by atoms with van der Waals surface area (Å²) >= 11 is 0. The number of hydrogen-bond donors (Lipinski definition) is 2. The number of rotatable bonds is 7. The average Bonchev–Trinajstić information content (AvgIpc) is 2.32. The fraction of sp³-hybridized carbons (Fsp3) is 1.00. The molecule has 0 saturated carbocycles. The van der Waals surface area contributed by atoms with Gasteiger partial charge in [-0.25, -0.2) is 0 Å². The Labute approximate surface area is 105 Å². The Morgan fingerprint density at radius 3 is 2.12 bits per heavy atom. The summed E-state index contributed by atoms with van der Waals surface area (Å²) in [5.74, 6) is 0. The molecule has 1 unspecified atom stereocenters. The van der Waals surface area contributed by atoms with Gasteiger partial charge in [0.15, 0.2) is 0 Å². The minimum absolute atomic E-state index is 0.0495. The van der Waals surface area contributed by atoms with E-state index in [0.717, 1.165) is 52.1 Å². The molecular weight excluding hydrogens is 216 g/mol. The van der Waals surface area contributed by atoms with Gasteiger partial charge < -0.3 is 15.1 Å². The normalized spacial score (nSPS) is 22.6. The SMILES string of the molecule is CCCC(C)(CO)CN1CCN(CCO)CC1. The number of aliphatic hydroxyl groups excluding tert-OH is 2. The Balaban J connectivity index is 2.33. The Bertz CT molecular complexity index is 206. The predicted octanol–water partition coefficient (Wildman–Crippen LogP) is 0.395. The summed E-state index contributed by atoms with van der Waals surface area (Å²) in [6.45, 7) is 10.8. The summed E-state index contributed by atoms with van der Waals surface area (Å²) in [4.78, 5) is 4.74. The number of β-amino-alcohol motifs (C(OH)–C–C–N with tert-alkyl or cyclic N) is 1. The fourth-order valence-electron chi connectivity index (χ4n) is 2.66. The Hall–Kier alpha value is -0.160. The second-order valence-electron chi connectivity index (χ2n) is 5.56. The van der Waals surface area contributed by atoms with E-state index in [2.05, 4.69) is 23.6 Å². The highest BCUT2D eigenvalue weighted by Crippen LogP contribution is 2.24. The van der Waals surface area contributed by atoms with Crippen LogP contribution in [0.15, 0.2) is 0 Å². The minimum atomic E-state index is 0.0495. The number of aliphatic hydroxyl groups is 2. The molecule has 1 fully saturated rings. The van der Waals surface area contributed by atoms with E-state index in [4.69, 9.17) is 5.11 Å². The van der Waals surface area contributed by atoms with Gasteiger partial charge in [-0.1, -0.05) is 20.3 Å². The first kappa shape index (κ1) is 14.9. The zero-order valence-electron chi connectivity index (χ0n) is 11.4. The van der Waals surface area contributed by atoms with Crippen LogP contribution in [0.3, 0.4) is 0 Å². The number of nitrogens with zero attached hydrogens (tertiary/aromatic N) is 2. The van der Waals surface area contributed by atoms with Crippen molar-refractivity contribution >= 4 is 0 Å². The van der Waals surface area contributed by atoms with Gasteiger partial charge in [0.05, 0.1) is 6.61 Å². The zero-order chi connectivity index (χ0) is 12.7. The van der Waals surface area contributed by atoms with Gasteiger partial charge in [0.2, 0.25) is 0 Å². The lowest BCUT2D eigenvalue weighted by Gasteiger charge is -2.39. The third kappa shape index (κ3) is 4.92. The lowest BCUT2D eigenvalue weighted by molar-refractivity contribution is 0.0468. The summed E-state index contributed by atoms with van der Waals surface area (Å²) in [6, 6.07) is 0. The van der Waals surface area contributed by atoms with Crippen molar-refractivity contribution in [2.45, 2.75) is 26.7 Å². The maximum absolute atomic E-state index is 9.51. The molecule has 0 aromatic rings. The highest BCUT2D eigenvalue weighted by Gasteiger charge is 2.27. The van der Waals surface area contributed by atoms with Crippen molar-refractivity contribution in [3.05, 3.63) is 0 Å². The largest absolute Gasteiger partial charge is 0.396 e. The minimum Gasteiger partial charge on any atom is -0.396 e. The van der Waals surface area contributed by atoms with Crippen LogP contribution < -0.4 is 0 Å². The molecular formula is C13H28N2O2. The first-order chi connectivity index (χ1) is 8.13. The van der Waals surface area contributed by atoms with Gasteiger partial charge in [-0.3, -0.25) is 4.90 Å². The summed E-state index contributed by atoms with van der Waals surface area (Å²) in [5.41, 5.74) is 0.0495.